The van der Waals surface area contributed by atoms with Crippen LogP contribution in [0, 0.1) is 0 Å². The zero-order valence-corrected chi connectivity index (χ0v) is 26.5. The molecular weight excluding hydrogens is 615 g/mol. The molecule has 2 aromatic rings. The highest BCUT2D eigenvalue weighted by molar-refractivity contribution is 9.10. The average molecular weight is 657 g/mol. The number of rotatable bonds is 7. The Kier molecular flexibility index (Phi) is 11.2. The number of nitrogens with zero attached hydrogens (tertiary/aromatic N) is 4. The third kappa shape index (κ3) is 8.84. The molecule has 3 aliphatic heterocycles. The molecule has 0 N–H and O–H groups in total. The molecule has 12 heteroatoms. The molecule has 0 unspecified atom stereocenters. The van der Waals surface area contributed by atoms with Gasteiger partial charge in [0.15, 0.2) is 0 Å². The van der Waals surface area contributed by atoms with Crippen molar-refractivity contribution in [1.29, 1.82) is 0 Å². The number of hydrogen-bond acceptors (Lipinski definition) is 6. The average Bonchev–Trinajstić information content (AvgIpc) is 3.16. The van der Waals surface area contributed by atoms with Crippen LogP contribution < -0.4 is 15.3 Å². The number of hydrogen-bond donors (Lipinski definition) is 0. The molecular formula is C30H42BBrF4N4O2. The zero-order chi connectivity index (χ0) is 30.5. The van der Waals surface area contributed by atoms with E-state index < -0.39 is 12.9 Å². The van der Waals surface area contributed by atoms with Crippen molar-refractivity contribution in [1.82, 2.24) is 9.80 Å². The van der Waals surface area contributed by atoms with Gasteiger partial charge in [0.1, 0.15) is 0 Å². The second-order valence-corrected chi connectivity index (χ2v) is 12.9. The van der Waals surface area contributed by atoms with E-state index in [1.807, 2.05) is 73.9 Å². The van der Waals surface area contributed by atoms with E-state index in [0.29, 0.717) is 26.2 Å². The summed E-state index contributed by atoms with van der Waals surface area (Å²) in [5, 5.41) is 0. The highest BCUT2D eigenvalue weighted by Gasteiger charge is 2.51. The Morgan fingerprint density at radius 1 is 0.643 bits per heavy atom. The van der Waals surface area contributed by atoms with Gasteiger partial charge in [-0.15, -0.1) is 0 Å². The predicted molar refractivity (Wildman–Crippen MR) is 166 cm³/mol. The van der Waals surface area contributed by atoms with Crippen molar-refractivity contribution in [3.8, 4) is 0 Å². The third-order valence-corrected chi connectivity index (χ3v) is 9.04. The second kappa shape index (κ2) is 14.3. The normalized spacial score (nSPS) is 21.2. The molecule has 0 atom stereocenters. The first-order valence-electron chi connectivity index (χ1n) is 14.5. The Bertz CT molecular complexity index is 1100. The quantitative estimate of drug-likeness (QED) is 0.301. The molecule has 0 bridgehead atoms. The lowest BCUT2D eigenvalue weighted by atomic mass is 9.79. The van der Waals surface area contributed by atoms with Crippen molar-refractivity contribution >= 4 is 39.9 Å². The number of benzene rings is 2. The maximum Gasteiger partial charge on any atom is 0.494 e. The molecule has 3 saturated heterocycles. The van der Waals surface area contributed by atoms with Crippen molar-refractivity contribution < 1.29 is 26.9 Å². The number of piperazine rings is 2. The van der Waals surface area contributed by atoms with Gasteiger partial charge in [0.25, 0.3) is 12.9 Å². The minimum absolute atomic E-state index is 0.103. The number of alkyl halides is 4. The van der Waals surface area contributed by atoms with Crippen LogP contribution in [0.2, 0.25) is 0 Å². The monoisotopic (exact) mass is 656 g/mol. The summed E-state index contributed by atoms with van der Waals surface area (Å²) in [5.74, 6) is 0. The molecule has 0 aromatic heterocycles. The molecule has 42 heavy (non-hydrogen) atoms. The maximum atomic E-state index is 12.5. The van der Waals surface area contributed by atoms with Gasteiger partial charge < -0.3 is 19.1 Å². The smallest absolute Gasteiger partial charge is 0.399 e. The van der Waals surface area contributed by atoms with Crippen LogP contribution in [0.25, 0.3) is 0 Å². The Balaban J connectivity index is 0.000000208. The molecule has 0 spiro atoms. The van der Waals surface area contributed by atoms with Crippen LogP contribution in [0.1, 0.15) is 27.7 Å². The van der Waals surface area contributed by atoms with Gasteiger partial charge in [0.05, 0.1) is 24.3 Å². The third-order valence-electron chi connectivity index (χ3n) is 8.51. The number of halogens is 5. The Morgan fingerprint density at radius 3 is 1.36 bits per heavy atom. The van der Waals surface area contributed by atoms with Gasteiger partial charge in [-0.2, -0.15) is 0 Å². The van der Waals surface area contributed by atoms with Crippen LogP contribution in [0.15, 0.2) is 53.0 Å². The van der Waals surface area contributed by atoms with E-state index in [2.05, 4.69) is 37.9 Å². The van der Waals surface area contributed by atoms with E-state index in [9.17, 15) is 17.6 Å². The second-order valence-electron chi connectivity index (χ2n) is 12.0. The fourth-order valence-corrected chi connectivity index (χ4v) is 5.51. The molecule has 5 rings (SSSR count). The molecule has 3 fully saturated rings. The minimum Gasteiger partial charge on any atom is -0.399 e. The van der Waals surface area contributed by atoms with Gasteiger partial charge in [-0.3, -0.25) is 9.80 Å². The minimum atomic E-state index is -2.26. The summed E-state index contributed by atoms with van der Waals surface area (Å²) in [6.45, 7) is 13.9. The Hall–Kier alpha value is -1.86. The standard InChI is InChI=1S/C18H27BF2N2O2.C12H15BrF2N2/c1-17(2)18(3,4)25-19(24-17)14-5-7-15(8-6-14)23-11-9-22(10-12-23)13-16(20)21;13-10-1-3-11(4-2-10)17-7-5-16(6-8-17)9-12(14)15/h5-8,16H,9-13H2,1-4H3;1-4,12H,5-9H2. The van der Waals surface area contributed by atoms with E-state index >= 15 is 0 Å². The van der Waals surface area contributed by atoms with Gasteiger partial charge in [0, 0.05) is 68.2 Å². The van der Waals surface area contributed by atoms with Crippen LogP contribution in [0.4, 0.5) is 28.9 Å². The lowest BCUT2D eigenvalue weighted by molar-refractivity contribution is 0.00578. The summed E-state index contributed by atoms with van der Waals surface area (Å²) in [4.78, 5) is 8.10. The van der Waals surface area contributed by atoms with Crippen LogP contribution in [0.3, 0.4) is 0 Å². The van der Waals surface area contributed by atoms with Crippen molar-refractivity contribution in [3.63, 3.8) is 0 Å². The highest BCUT2D eigenvalue weighted by Crippen LogP contribution is 2.36. The van der Waals surface area contributed by atoms with E-state index in [4.69, 9.17) is 9.31 Å². The van der Waals surface area contributed by atoms with Crippen LogP contribution in [-0.4, -0.2) is 106 Å². The van der Waals surface area contributed by atoms with Gasteiger partial charge in [-0.25, -0.2) is 17.6 Å². The molecule has 0 amide bonds. The van der Waals surface area contributed by atoms with Gasteiger partial charge in [0.2, 0.25) is 0 Å². The number of anilines is 2. The molecule has 232 valence electrons. The summed E-state index contributed by atoms with van der Waals surface area (Å²) >= 11 is 3.40. The topological polar surface area (TPSA) is 31.4 Å². The summed E-state index contributed by atoms with van der Waals surface area (Å²) in [6, 6.07) is 16.3. The first kappa shape index (κ1) is 33.0. The molecule has 0 radical (unpaired) electrons. The largest absolute Gasteiger partial charge is 0.494 e. The first-order valence-corrected chi connectivity index (χ1v) is 15.3. The molecule has 0 saturated carbocycles. The summed E-state index contributed by atoms with van der Waals surface area (Å²) in [6.07, 6.45) is -4.49. The van der Waals surface area contributed by atoms with Gasteiger partial charge >= 0.3 is 7.12 Å². The van der Waals surface area contributed by atoms with Crippen LogP contribution in [0.5, 0.6) is 0 Å². The lowest BCUT2D eigenvalue weighted by Crippen LogP contribution is -2.47. The summed E-state index contributed by atoms with van der Waals surface area (Å²) < 4.78 is 62.6. The molecule has 3 aliphatic rings. The van der Waals surface area contributed by atoms with Crippen LogP contribution >= 0.6 is 15.9 Å². The predicted octanol–water partition coefficient (Wildman–Crippen LogP) is 5.21. The zero-order valence-electron chi connectivity index (χ0n) is 24.9. The van der Waals surface area contributed by atoms with Gasteiger partial charge in [-0.05, 0) is 69.6 Å². The van der Waals surface area contributed by atoms with Crippen molar-refractivity contribution in [2.45, 2.75) is 51.7 Å². The van der Waals surface area contributed by atoms with E-state index in [-0.39, 0.29) is 31.4 Å². The SMILES string of the molecule is CC1(C)OB(c2ccc(N3CCN(CC(F)F)CC3)cc2)OC1(C)C.FC(F)CN1CCN(c2ccc(Br)cc2)CC1. The summed E-state index contributed by atoms with van der Waals surface area (Å²) in [5.41, 5.74) is 2.56. The van der Waals surface area contributed by atoms with E-state index in [0.717, 1.165) is 47.5 Å². The molecule has 0 aliphatic carbocycles. The summed E-state index contributed by atoms with van der Waals surface area (Å²) in [7, 11) is -0.359. The fraction of sp³-hybridized carbons (Fsp3) is 0.600. The lowest BCUT2D eigenvalue weighted by Gasteiger charge is -2.36. The Labute approximate surface area is 256 Å². The van der Waals surface area contributed by atoms with E-state index in [1.54, 1.807) is 0 Å². The highest BCUT2D eigenvalue weighted by atomic mass is 79.9. The first-order chi connectivity index (χ1) is 19.8. The molecule has 3 heterocycles. The van der Waals surface area contributed by atoms with Crippen LogP contribution in [-0.2, 0) is 9.31 Å². The van der Waals surface area contributed by atoms with Crippen molar-refractivity contribution in [2.75, 3.05) is 75.2 Å². The maximum absolute atomic E-state index is 12.5. The van der Waals surface area contributed by atoms with Gasteiger partial charge in [-0.1, -0.05) is 28.1 Å². The fourth-order valence-electron chi connectivity index (χ4n) is 5.24. The van der Waals surface area contributed by atoms with Crippen molar-refractivity contribution in [2.24, 2.45) is 0 Å². The molecule has 2 aromatic carbocycles. The van der Waals surface area contributed by atoms with E-state index in [1.165, 1.54) is 0 Å². The van der Waals surface area contributed by atoms with Crippen molar-refractivity contribution in [3.05, 3.63) is 53.0 Å². The molecule has 6 nitrogen and oxygen atoms in total. The Morgan fingerprint density at radius 2 is 1.00 bits per heavy atom.